The summed E-state index contributed by atoms with van der Waals surface area (Å²) in [6, 6.07) is 9.26. The molecule has 2 aromatic carbocycles. The molecule has 0 radical (unpaired) electrons. The quantitative estimate of drug-likeness (QED) is 0.901. The number of methoxy groups -OCH3 is 1. The van der Waals surface area contributed by atoms with E-state index in [0.29, 0.717) is 16.3 Å². The Morgan fingerprint density at radius 2 is 1.95 bits per heavy atom. The Morgan fingerprint density at radius 3 is 2.58 bits per heavy atom. The lowest BCUT2D eigenvalue weighted by atomic mass is 9.99. The van der Waals surface area contributed by atoms with Crippen LogP contribution < -0.4 is 10.5 Å². The second kappa shape index (κ2) is 5.90. The van der Waals surface area contributed by atoms with Crippen molar-refractivity contribution in [3.63, 3.8) is 0 Å². The summed E-state index contributed by atoms with van der Waals surface area (Å²) in [5, 5.41) is 0.558. The zero-order chi connectivity index (χ0) is 14.0. The van der Waals surface area contributed by atoms with Gasteiger partial charge in [0.15, 0.2) is 0 Å². The van der Waals surface area contributed by atoms with Gasteiger partial charge in [-0.05, 0) is 29.8 Å². The second-order valence-corrected chi connectivity index (χ2v) is 5.32. The highest BCUT2D eigenvalue weighted by molar-refractivity contribution is 9.10. The first-order chi connectivity index (χ1) is 9.02. The maximum Gasteiger partial charge on any atom is 0.132 e. The number of benzene rings is 2. The first-order valence-corrected chi connectivity index (χ1v) is 6.74. The molecule has 0 aliphatic heterocycles. The van der Waals surface area contributed by atoms with Crippen LogP contribution in [-0.4, -0.2) is 7.11 Å². The lowest BCUT2D eigenvalue weighted by molar-refractivity contribution is 0.410. The first kappa shape index (κ1) is 14.3. The Labute approximate surface area is 124 Å². The van der Waals surface area contributed by atoms with Crippen LogP contribution in [0.4, 0.5) is 4.39 Å². The first-order valence-electron chi connectivity index (χ1n) is 5.57. The molecule has 0 spiro atoms. The molecule has 0 aliphatic rings. The molecular weight excluding hydrogens is 333 g/mol. The van der Waals surface area contributed by atoms with Crippen molar-refractivity contribution in [1.29, 1.82) is 0 Å². The molecule has 100 valence electrons. The fourth-order valence-corrected chi connectivity index (χ4v) is 2.48. The molecule has 19 heavy (non-hydrogen) atoms. The van der Waals surface area contributed by atoms with Gasteiger partial charge in [0.1, 0.15) is 11.6 Å². The molecule has 2 N–H and O–H groups in total. The molecular formula is C14H12BrClFNO. The summed E-state index contributed by atoms with van der Waals surface area (Å²) in [6.45, 7) is 0. The Balaban J connectivity index is 2.43. The highest BCUT2D eigenvalue weighted by atomic mass is 79.9. The monoisotopic (exact) mass is 343 g/mol. The van der Waals surface area contributed by atoms with Gasteiger partial charge in [-0.15, -0.1) is 0 Å². The summed E-state index contributed by atoms with van der Waals surface area (Å²) in [4.78, 5) is 0. The van der Waals surface area contributed by atoms with Crippen LogP contribution in [0.3, 0.4) is 0 Å². The molecule has 1 unspecified atom stereocenters. The number of hydrogen-bond donors (Lipinski definition) is 1. The lowest BCUT2D eigenvalue weighted by Crippen LogP contribution is -2.14. The lowest BCUT2D eigenvalue weighted by Gasteiger charge is -2.16. The summed E-state index contributed by atoms with van der Waals surface area (Å²) < 4.78 is 19.8. The van der Waals surface area contributed by atoms with E-state index in [1.54, 1.807) is 30.3 Å². The van der Waals surface area contributed by atoms with Crippen LogP contribution in [0, 0.1) is 5.82 Å². The molecule has 0 aliphatic carbocycles. The fourth-order valence-electron chi connectivity index (χ4n) is 1.81. The molecule has 0 fully saturated rings. The van der Waals surface area contributed by atoms with E-state index in [4.69, 9.17) is 22.1 Å². The van der Waals surface area contributed by atoms with Gasteiger partial charge >= 0.3 is 0 Å². The average molecular weight is 345 g/mol. The second-order valence-electron chi connectivity index (χ2n) is 4.03. The standard InChI is InChI=1S/C14H12BrClFNO/c1-19-9-3-4-10(13(17)7-9)14(18)11-6-8(16)2-5-12(11)15/h2-7,14H,18H2,1H3. The summed E-state index contributed by atoms with van der Waals surface area (Å²) in [5.74, 6) is 0.0531. The van der Waals surface area contributed by atoms with E-state index < -0.39 is 11.9 Å². The summed E-state index contributed by atoms with van der Waals surface area (Å²) in [5.41, 5.74) is 7.23. The normalized spacial score (nSPS) is 12.3. The van der Waals surface area contributed by atoms with Crippen LogP contribution in [0.5, 0.6) is 5.75 Å². The maximum atomic E-state index is 14.0. The van der Waals surface area contributed by atoms with Gasteiger partial charge in [-0.25, -0.2) is 4.39 Å². The van der Waals surface area contributed by atoms with Gasteiger partial charge in [0.2, 0.25) is 0 Å². The SMILES string of the molecule is COc1ccc(C(N)c2cc(Cl)ccc2Br)c(F)c1. The number of halogens is 3. The Morgan fingerprint density at radius 1 is 1.21 bits per heavy atom. The number of nitrogens with two attached hydrogens (primary N) is 1. The number of ether oxygens (including phenoxy) is 1. The van der Waals surface area contributed by atoms with Crippen LogP contribution in [0.15, 0.2) is 40.9 Å². The predicted molar refractivity (Wildman–Crippen MR) is 78.1 cm³/mol. The minimum absolute atomic E-state index is 0.392. The van der Waals surface area contributed by atoms with E-state index >= 15 is 0 Å². The molecule has 5 heteroatoms. The van der Waals surface area contributed by atoms with Gasteiger partial charge in [0.05, 0.1) is 13.2 Å². The molecule has 0 saturated heterocycles. The van der Waals surface area contributed by atoms with Crippen molar-refractivity contribution in [2.24, 2.45) is 5.73 Å². The van der Waals surface area contributed by atoms with Crippen molar-refractivity contribution < 1.29 is 9.13 Å². The van der Waals surface area contributed by atoms with Crippen molar-refractivity contribution in [3.05, 3.63) is 62.8 Å². The van der Waals surface area contributed by atoms with E-state index in [9.17, 15) is 4.39 Å². The summed E-state index contributed by atoms with van der Waals surface area (Å²) in [7, 11) is 1.49. The van der Waals surface area contributed by atoms with Crippen molar-refractivity contribution in [2.75, 3.05) is 7.11 Å². The Kier molecular flexibility index (Phi) is 4.45. The highest BCUT2D eigenvalue weighted by Gasteiger charge is 2.17. The zero-order valence-electron chi connectivity index (χ0n) is 10.2. The molecule has 2 nitrogen and oxygen atoms in total. The van der Waals surface area contributed by atoms with Crippen molar-refractivity contribution in [2.45, 2.75) is 6.04 Å². The Bertz CT molecular complexity index is 606. The van der Waals surface area contributed by atoms with Crippen LogP contribution in [0.25, 0.3) is 0 Å². The molecule has 0 heterocycles. The van der Waals surface area contributed by atoms with Gasteiger partial charge in [0.25, 0.3) is 0 Å². The molecule has 2 rings (SSSR count). The predicted octanol–water partition coefficient (Wildman–Crippen LogP) is 4.30. The van der Waals surface area contributed by atoms with Crippen LogP contribution in [0.2, 0.25) is 5.02 Å². The van der Waals surface area contributed by atoms with Gasteiger partial charge in [-0.3, -0.25) is 0 Å². The van der Waals surface area contributed by atoms with Gasteiger partial charge in [0, 0.05) is 21.1 Å². The third-order valence-electron chi connectivity index (χ3n) is 2.84. The molecule has 0 bridgehead atoms. The molecule has 0 aromatic heterocycles. The van der Waals surface area contributed by atoms with Crippen LogP contribution in [-0.2, 0) is 0 Å². The van der Waals surface area contributed by atoms with Gasteiger partial charge in [-0.1, -0.05) is 33.6 Å². The van der Waals surface area contributed by atoms with Crippen LogP contribution in [0.1, 0.15) is 17.2 Å². The van der Waals surface area contributed by atoms with Gasteiger partial charge in [-0.2, -0.15) is 0 Å². The van der Waals surface area contributed by atoms with Crippen molar-refractivity contribution >= 4 is 27.5 Å². The topological polar surface area (TPSA) is 35.2 Å². The molecule has 0 amide bonds. The maximum absolute atomic E-state index is 14.0. The number of rotatable bonds is 3. The van der Waals surface area contributed by atoms with Gasteiger partial charge < -0.3 is 10.5 Å². The fraction of sp³-hybridized carbons (Fsp3) is 0.143. The van der Waals surface area contributed by atoms with E-state index in [-0.39, 0.29) is 0 Å². The van der Waals surface area contributed by atoms with E-state index in [1.807, 2.05) is 0 Å². The van der Waals surface area contributed by atoms with E-state index in [1.165, 1.54) is 13.2 Å². The molecule has 2 aromatic rings. The third kappa shape index (κ3) is 3.08. The number of hydrogen-bond acceptors (Lipinski definition) is 2. The third-order valence-corrected chi connectivity index (χ3v) is 3.79. The average Bonchev–Trinajstić information content (AvgIpc) is 2.40. The minimum atomic E-state index is -0.598. The van der Waals surface area contributed by atoms with Crippen molar-refractivity contribution in [3.8, 4) is 5.75 Å². The van der Waals surface area contributed by atoms with Crippen LogP contribution >= 0.6 is 27.5 Å². The smallest absolute Gasteiger partial charge is 0.132 e. The van der Waals surface area contributed by atoms with E-state index in [0.717, 1.165) is 10.0 Å². The Hall–Kier alpha value is -1.10. The minimum Gasteiger partial charge on any atom is -0.497 e. The summed E-state index contributed by atoms with van der Waals surface area (Å²) >= 11 is 9.34. The largest absolute Gasteiger partial charge is 0.497 e. The zero-order valence-corrected chi connectivity index (χ0v) is 12.5. The summed E-state index contributed by atoms with van der Waals surface area (Å²) in [6.07, 6.45) is 0. The highest BCUT2D eigenvalue weighted by Crippen LogP contribution is 2.31. The molecule has 0 saturated carbocycles. The van der Waals surface area contributed by atoms with Crippen molar-refractivity contribution in [1.82, 2.24) is 0 Å². The van der Waals surface area contributed by atoms with E-state index in [2.05, 4.69) is 15.9 Å². The molecule has 1 atom stereocenters.